The normalized spacial score (nSPS) is 16.8. The number of methoxy groups -OCH3 is 6. The van der Waals surface area contributed by atoms with Gasteiger partial charge in [-0.15, -0.1) is 0 Å². The molecule has 0 saturated heterocycles. The van der Waals surface area contributed by atoms with E-state index in [0.717, 1.165) is 12.7 Å². The Bertz CT molecular complexity index is 3150. The number of benzene rings is 5. The minimum Gasteiger partial charge on any atom is -0.504 e. The Kier molecular flexibility index (Phi) is 22.9. The molecule has 0 spiro atoms. The number of aromatic hydroxyl groups is 1. The van der Waals surface area contributed by atoms with Gasteiger partial charge in [0.2, 0.25) is 17.6 Å². The topological polar surface area (TPSA) is 264 Å². The average molecular weight is 1220 g/mol. The fourth-order valence-electron chi connectivity index (χ4n) is 8.74. The highest BCUT2D eigenvalue weighted by Crippen LogP contribution is 2.47. The first kappa shape index (κ1) is 66.3. The van der Waals surface area contributed by atoms with Crippen molar-refractivity contribution in [1.82, 2.24) is 21.3 Å². The van der Waals surface area contributed by atoms with Gasteiger partial charge in [-0.3, -0.25) is 9.59 Å². The SMILES string of the molecule is COCCOCOC[C@@H](NC(=O)OCc1ccccc1)c1cc(OC)cc(OC)c1-c1cc([C@H]2NC(=O)[C@H](NC(=O)OC(C)(C)C)c3cc(O)c(OC)c(c3)Oc3ccc(cc3Cl)[C@@H](O[Si](C)(C)C(C)(C)C)[C@@H](C(=O)OC)NC2=O)ccc1OC. The van der Waals surface area contributed by atoms with Crippen LogP contribution in [0, 0.1) is 0 Å². The second-order valence-corrected chi connectivity index (χ2v) is 27.3. The predicted octanol–water partition coefficient (Wildman–Crippen LogP) is 10.3. The van der Waals surface area contributed by atoms with Crippen LogP contribution in [0.15, 0.2) is 91.0 Å². The van der Waals surface area contributed by atoms with Gasteiger partial charge in [0.15, 0.2) is 25.9 Å². The van der Waals surface area contributed by atoms with E-state index in [-0.39, 0.29) is 77.1 Å². The zero-order chi connectivity index (χ0) is 62.4. The summed E-state index contributed by atoms with van der Waals surface area (Å²) in [4.78, 5) is 73.3. The number of rotatable bonds is 21. The first-order chi connectivity index (χ1) is 40.3. The minimum absolute atomic E-state index is 0.0111. The second-order valence-electron chi connectivity index (χ2n) is 22.1. The van der Waals surface area contributed by atoms with Gasteiger partial charge in [-0.25, -0.2) is 14.4 Å². The van der Waals surface area contributed by atoms with Crippen LogP contribution in [0.5, 0.6) is 40.2 Å². The van der Waals surface area contributed by atoms with Crippen molar-refractivity contribution in [3.05, 3.63) is 124 Å². The van der Waals surface area contributed by atoms with Crippen molar-refractivity contribution >= 4 is 49.9 Å². The number of phenolic OH excluding ortho intramolecular Hbond substituents is 1. The summed E-state index contributed by atoms with van der Waals surface area (Å²) in [6, 6.07) is 17.9. The third kappa shape index (κ3) is 17.2. The van der Waals surface area contributed by atoms with E-state index in [4.69, 9.17) is 68.1 Å². The van der Waals surface area contributed by atoms with Gasteiger partial charge >= 0.3 is 18.2 Å². The van der Waals surface area contributed by atoms with E-state index in [2.05, 4.69) is 21.3 Å². The molecule has 85 heavy (non-hydrogen) atoms. The number of esters is 1. The van der Waals surface area contributed by atoms with Gasteiger partial charge in [-0.1, -0.05) is 74.8 Å². The van der Waals surface area contributed by atoms with Crippen LogP contribution in [0.3, 0.4) is 0 Å². The van der Waals surface area contributed by atoms with E-state index in [1.807, 2.05) is 52.1 Å². The Morgan fingerprint density at radius 2 is 1.45 bits per heavy atom. The maximum Gasteiger partial charge on any atom is 0.408 e. The molecule has 460 valence electrons. The molecule has 0 fully saturated rings. The lowest BCUT2D eigenvalue weighted by molar-refractivity contribution is -0.148. The van der Waals surface area contributed by atoms with Crippen LogP contribution in [0.1, 0.15) is 93.6 Å². The van der Waals surface area contributed by atoms with Gasteiger partial charge in [0.25, 0.3) is 0 Å². The molecule has 0 saturated carbocycles. The molecule has 5 aromatic rings. The number of phenols is 1. The van der Waals surface area contributed by atoms with Gasteiger partial charge < -0.3 is 82.9 Å². The summed E-state index contributed by atoms with van der Waals surface area (Å²) in [5.41, 5.74) is 0.876. The molecule has 7 rings (SSSR count). The number of carbonyl (C=O) groups is 5. The third-order valence-electron chi connectivity index (χ3n) is 14.0. The van der Waals surface area contributed by atoms with Crippen LogP contribution >= 0.6 is 11.6 Å². The smallest absolute Gasteiger partial charge is 0.408 e. The molecule has 24 heteroatoms. The Balaban J connectivity index is 1.63. The Labute approximate surface area is 501 Å². The van der Waals surface area contributed by atoms with E-state index in [1.54, 1.807) is 63.2 Å². The highest BCUT2D eigenvalue weighted by Gasteiger charge is 2.45. The van der Waals surface area contributed by atoms with Crippen molar-refractivity contribution in [2.24, 2.45) is 0 Å². The first-order valence-corrected chi connectivity index (χ1v) is 30.3. The molecule has 5 aromatic carbocycles. The summed E-state index contributed by atoms with van der Waals surface area (Å²) in [6.07, 6.45) is -3.16. The summed E-state index contributed by atoms with van der Waals surface area (Å²) in [6.45, 7) is 14.8. The van der Waals surface area contributed by atoms with Crippen LogP contribution in [0.25, 0.3) is 11.1 Å². The largest absolute Gasteiger partial charge is 0.504 e. The Morgan fingerprint density at radius 1 is 0.741 bits per heavy atom. The number of ether oxygens (including phenoxy) is 11. The van der Waals surface area contributed by atoms with Crippen LogP contribution in [-0.2, 0) is 53.8 Å². The zero-order valence-electron chi connectivity index (χ0n) is 50.3. The minimum atomic E-state index is -2.91. The summed E-state index contributed by atoms with van der Waals surface area (Å²) in [7, 11) is 5.37. The van der Waals surface area contributed by atoms with E-state index in [9.17, 15) is 19.5 Å². The summed E-state index contributed by atoms with van der Waals surface area (Å²) < 4.78 is 70.3. The van der Waals surface area contributed by atoms with E-state index < -0.39 is 84.9 Å². The summed E-state index contributed by atoms with van der Waals surface area (Å²) in [5, 5.41) is 22.3. The quantitative estimate of drug-likeness (QED) is 0.0150. The van der Waals surface area contributed by atoms with Crippen molar-refractivity contribution in [2.75, 3.05) is 69.3 Å². The molecule has 0 aliphatic carbocycles. The highest BCUT2D eigenvalue weighted by molar-refractivity contribution is 6.74. The third-order valence-corrected chi connectivity index (χ3v) is 18.8. The van der Waals surface area contributed by atoms with Crippen molar-refractivity contribution < 1.29 is 85.6 Å². The van der Waals surface area contributed by atoms with Crippen molar-refractivity contribution in [3.63, 3.8) is 0 Å². The fourth-order valence-corrected chi connectivity index (χ4v) is 10.2. The summed E-state index contributed by atoms with van der Waals surface area (Å²) in [5.74, 6) is -2.96. The molecule has 2 heterocycles. The maximum absolute atomic E-state index is 15.8. The molecule has 22 nitrogen and oxygen atoms in total. The Hall–Kier alpha value is -7.80. The second kappa shape index (κ2) is 29.3. The van der Waals surface area contributed by atoms with Gasteiger partial charge in [-0.05, 0) is 109 Å². The molecule has 2 aliphatic heterocycles. The number of carbonyl (C=O) groups excluding carboxylic acids is 5. The monoisotopic (exact) mass is 1220 g/mol. The van der Waals surface area contributed by atoms with Gasteiger partial charge in [0, 0.05) is 24.3 Å². The Morgan fingerprint density at radius 3 is 2.07 bits per heavy atom. The average Bonchev–Trinajstić information content (AvgIpc) is 2.55. The lowest BCUT2D eigenvalue weighted by Crippen LogP contribution is -2.54. The van der Waals surface area contributed by atoms with Crippen LogP contribution < -0.4 is 45.0 Å². The molecule has 4 amide bonds. The molecular formula is C61H77ClN4O18Si. The van der Waals surface area contributed by atoms with Crippen molar-refractivity contribution in [2.45, 2.75) is 102 Å². The lowest BCUT2D eigenvalue weighted by atomic mass is 9.90. The van der Waals surface area contributed by atoms with Crippen LogP contribution in [0.2, 0.25) is 23.2 Å². The van der Waals surface area contributed by atoms with Crippen LogP contribution in [0.4, 0.5) is 9.59 Å². The van der Waals surface area contributed by atoms with E-state index in [0.29, 0.717) is 29.0 Å². The zero-order valence-corrected chi connectivity index (χ0v) is 52.1. The molecule has 0 radical (unpaired) electrons. The van der Waals surface area contributed by atoms with Crippen LogP contribution in [-0.4, -0.2) is 124 Å². The number of hydrogen-bond acceptors (Lipinski definition) is 18. The molecule has 4 bridgehead atoms. The first-order valence-electron chi connectivity index (χ1n) is 27.1. The summed E-state index contributed by atoms with van der Waals surface area (Å²) >= 11 is 7.03. The highest BCUT2D eigenvalue weighted by atomic mass is 35.5. The van der Waals surface area contributed by atoms with E-state index in [1.165, 1.54) is 65.9 Å². The van der Waals surface area contributed by atoms with Crippen molar-refractivity contribution in [1.29, 1.82) is 0 Å². The number of nitrogens with one attached hydrogen (secondary N) is 4. The number of alkyl carbamates (subject to hydrolysis) is 2. The molecule has 5 N–H and O–H groups in total. The molecule has 0 aromatic heterocycles. The molecule has 2 aliphatic rings. The fraction of sp³-hybridized carbons (Fsp3) is 0.426. The van der Waals surface area contributed by atoms with E-state index >= 15 is 9.59 Å². The van der Waals surface area contributed by atoms with Gasteiger partial charge in [0.1, 0.15) is 60.2 Å². The number of fused-ring (bicyclic) bond motifs is 9. The number of amides is 4. The number of hydrogen-bond donors (Lipinski definition) is 5. The van der Waals surface area contributed by atoms with Crippen molar-refractivity contribution in [3.8, 4) is 51.4 Å². The van der Waals surface area contributed by atoms with Gasteiger partial charge in [0.05, 0.1) is 66.4 Å². The number of halogens is 1. The predicted molar refractivity (Wildman–Crippen MR) is 317 cm³/mol. The standard InChI is InChI=1S/C61H77ClN4O18Si/c1-60(2,3)83-59(72)66-51-38-28-44(67)54(77-11)48(29-38)82-46-23-21-37(27-42(46)62)53(84-85(13,14)61(4,5)6)52(57(70)78-12)65-55(68)50(64-56(51)69)36-20-22-45(75-9)41(26-36)49-40(30-39(74-8)31-47(49)76-10)43(33-80-34-79-25-24-73-7)63-58(71)81-32-35-18-16-15-17-19-35/h15-23,26-31,43,50-53,67H,24-25,32-34H2,1-14H3,(H,63,71)(H,64,69)(H,65,68)(H,66,72)/t43-,50-,51-,52+,53-/m1/s1. The molecular weight excluding hydrogens is 1140 g/mol. The lowest BCUT2D eigenvalue weighted by Gasteiger charge is -2.41. The maximum atomic E-state index is 15.8. The molecule has 0 unspecified atom stereocenters. The molecule has 5 atom stereocenters. The van der Waals surface area contributed by atoms with Gasteiger partial charge in [-0.2, -0.15) is 0 Å².